The number of aromatic nitrogens is 2. The first-order valence-corrected chi connectivity index (χ1v) is 11.6. The van der Waals surface area contributed by atoms with Gasteiger partial charge in [-0.2, -0.15) is 0 Å². The average Bonchev–Trinajstić information content (AvgIpc) is 3.29. The summed E-state index contributed by atoms with van der Waals surface area (Å²) < 4.78 is 40.2. The van der Waals surface area contributed by atoms with E-state index in [2.05, 4.69) is 15.5 Å². The fraction of sp³-hybridized carbons (Fsp3) is 0.148. The predicted molar refractivity (Wildman–Crippen MR) is 136 cm³/mol. The van der Waals surface area contributed by atoms with Crippen LogP contribution in [0.4, 0.5) is 14.5 Å². The second-order valence-corrected chi connectivity index (χ2v) is 8.95. The largest absolute Gasteiger partial charge is 0.455 e. The molecule has 0 bridgehead atoms. The number of hydrogen-bond acceptors (Lipinski definition) is 6. The number of benzene rings is 3. The molecule has 2 aromatic heterocycles. The van der Waals surface area contributed by atoms with Crippen molar-refractivity contribution >= 4 is 28.9 Å². The van der Waals surface area contributed by atoms with Crippen LogP contribution in [0.3, 0.4) is 0 Å². The van der Waals surface area contributed by atoms with Crippen LogP contribution in [-0.4, -0.2) is 10.1 Å². The lowest BCUT2D eigenvalue weighted by atomic mass is 9.98. The van der Waals surface area contributed by atoms with Crippen molar-refractivity contribution < 1.29 is 17.7 Å². The molecule has 5 aromatic rings. The maximum Gasteiger partial charge on any atom is 0.295 e. The predicted octanol–water partition coefficient (Wildman–Crippen LogP) is 7.24. The van der Waals surface area contributed by atoms with Crippen molar-refractivity contribution in [2.75, 3.05) is 5.32 Å². The minimum Gasteiger partial charge on any atom is -0.455 e. The van der Waals surface area contributed by atoms with Gasteiger partial charge in [-0.05, 0) is 56.8 Å². The molecule has 0 unspecified atom stereocenters. The third kappa shape index (κ3) is 4.11. The number of aryl methyl sites for hydroxylation is 1. The highest BCUT2D eigenvalue weighted by Crippen LogP contribution is 2.35. The molecule has 0 aliphatic rings. The second-order valence-electron chi connectivity index (χ2n) is 8.58. The summed E-state index contributed by atoms with van der Waals surface area (Å²) >= 11 is 4.90. The zero-order chi connectivity index (χ0) is 25.6. The van der Waals surface area contributed by atoms with Crippen LogP contribution in [0.25, 0.3) is 33.7 Å². The number of rotatable bonds is 5. The van der Waals surface area contributed by atoms with Crippen LogP contribution >= 0.6 is 12.2 Å². The first kappa shape index (κ1) is 23.6. The van der Waals surface area contributed by atoms with E-state index < -0.39 is 17.7 Å². The van der Waals surface area contributed by atoms with Crippen LogP contribution in [0.2, 0.25) is 0 Å². The maximum atomic E-state index is 14.9. The number of nitrogens with zero attached hydrogens (tertiary/aromatic N) is 1. The number of nitrogens with one attached hydrogen (secondary N) is 2. The van der Waals surface area contributed by atoms with Crippen molar-refractivity contribution in [3.8, 4) is 22.7 Å². The highest BCUT2D eigenvalue weighted by atomic mass is 32.1. The molecular formula is C27H21F2N3O3S. The summed E-state index contributed by atoms with van der Waals surface area (Å²) in [5.74, 6) is -1.71. The van der Waals surface area contributed by atoms with Gasteiger partial charge in [0, 0.05) is 22.4 Å². The summed E-state index contributed by atoms with van der Waals surface area (Å²) in [6, 6.07) is 15.0. The van der Waals surface area contributed by atoms with Crippen molar-refractivity contribution in [2.24, 2.45) is 0 Å². The van der Waals surface area contributed by atoms with Crippen LogP contribution in [0, 0.1) is 30.3 Å². The topological polar surface area (TPSA) is 84.1 Å². The lowest BCUT2D eigenvalue weighted by Gasteiger charge is -2.20. The minimum atomic E-state index is -1.10. The average molecular weight is 506 g/mol. The summed E-state index contributed by atoms with van der Waals surface area (Å²) in [5.41, 5.74) is 3.23. The van der Waals surface area contributed by atoms with E-state index in [1.165, 1.54) is 6.07 Å². The van der Waals surface area contributed by atoms with E-state index in [1.807, 2.05) is 50.2 Å². The van der Waals surface area contributed by atoms with E-state index >= 15 is 0 Å². The van der Waals surface area contributed by atoms with Crippen LogP contribution in [0.5, 0.6) is 0 Å². The molecule has 0 aliphatic heterocycles. The first-order chi connectivity index (χ1) is 17.2. The Bertz CT molecular complexity index is 1720. The fourth-order valence-electron chi connectivity index (χ4n) is 4.31. The normalized spacial score (nSPS) is 12.1. The van der Waals surface area contributed by atoms with Crippen molar-refractivity contribution in [3.63, 3.8) is 0 Å². The molecule has 9 heteroatoms. The van der Waals surface area contributed by atoms with Crippen LogP contribution in [0.15, 0.2) is 68.3 Å². The minimum absolute atomic E-state index is 0.0469. The number of anilines is 1. The van der Waals surface area contributed by atoms with Crippen molar-refractivity contribution in [1.29, 1.82) is 0 Å². The van der Waals surface area contributed by atoms with E-state index in [0.29, 0.717) is 27.9 Å². The molecule has 3 aromatic carbocycles. The summed E-state index contributed by atoms with van der Waals surface area (Å²) in [5, 5.41) is 7.38. The molecule has 0 aliphatic carbocycles. The monoisotopic (exact) mass is 505 g/mol. The zero-order valence-corrected chi connectivity index (χ0v) is 20.4. The van der Waals surface area contributed by atoms with Gasteiger partial charge in [-0.3, -0.25) is 9.78 Å². The Morgan fingerprint density at radius 2 is 1.83 bits per heavy atom. The summed E-state index contributed by atoms with van der Waals surface area (Å²) in [7, 11) is 0. The molecule has 5 rings (SSSR count). The van der Waals surface area contributed by atoms with Crippen LogP contribution in [0.1, 0.15) is 29.7 Å². The number of fused-ring (bicyclic) bond motifs is 1. The molecular weight excluding hydrogens is 484 g/mol. The van der Waals surface area contributed by atoms with Crippen molar-refractivity contribution in [2.45, 2.75) is 26.8 Å². The Morgan fingerprint density at radius 3 is 2.53 bits per heavy atom. The van der Waals surface area contributed by atoms with Gasteiger partial charge in [-0.25, -0.2) is 8.78 Å². The molecule has 2 N–H and O–H groups in total. The van der Waals surface area contributed by atoms with E-state index in [-0.39, 0.29) is 27.3 Å². The maximum absolute atomic E-state index is 14.9. The van der Waals surface area contributed by atoms with Crippen molar-refractivity contribution in [1.82, 2.24) is 10.1 Å². The Morgan fingerprint density at radius 1 is 1.08 bits per heavy atom. The van der Waals surface area contributed by atoms with Crippen molar-refractivity contribution in [3.05, 3.63) is 98.0 Å². The quantitative estimate of drug-likeness (QED) is 0.245. The lowest BCUT2D eigenvalue weighted by Crippen LogP contribution is -2.13. The van der Waals surface area contributed by atoms with E-state index in [9.17, 15) is 13.6 Å². The van der Waals surface area contributed by atoms with Gasteiger partial charge < -0.3 is 14.3 Å². The van der Waals surface area contributed by atoms with Gasteiger partial charge in [0.05, 0.1) is 17.0 Å². The van der Waals surface area contributed by atoms with Crippen LogP contribution in [-0.2, 0) is 0 Å². The third-order valence-corrected chi connectivity index (χ3v) is 6.21. The molecule has 2 heterocycles. The highest BCUT2D eigenvalue weighted by Gasteiger charge is 2.23. The molecule has 36 heavy (non-hydrogen) atoms. The SMILES string of the molecule is Cc1cc([C@@H](C)Nc2ccc(F)c(F)c2-c2noc(=S)[nH]2)c2oc(-c3ccccc3)c(C)c(=O)c2c1. The Balaban J connectivity index is 1.67. The summed E-state index contributed by atoms with van der Waals surface area (Å²) in [6.07, 6.45) is 0. The zero-order valence-electron chi connectivity index (χ0n) is 19.6. The molecule has 182 valence electrons. The van der Waals surface area contributed by atoms with Gasteiger partial charge in [-0.1, -0.05) is 41.6 Å². The van der Waals surface area contributed by atoms with Gasteiger partial charge in [0.15, 0.2) is 22.9 Å². The fourth-order valence-corrected chi connectivity index (χ4v) is 4.44. The number of H-pyrrole nitrogens is 1. The number of aromatic amines is 1. The molecule has 1 atom stereocenters. The molecule has 0 spiro atoms. The molecule has 0 saturated carbocycles. The smallest absolute Gasteiger partial charge is 0.295 e. The Kier molecular flexibility index (Phi) is 6.01. The Labute approximate surface area is 209 Å². The Hall–Kier alpha value is -4.11. The van der Waals surface area contributed by atoms with E-state index in [0.717, 1.165) is 17.2 Å². The highest BCUT2D eigenvalue weighted by molar-refractivity contribution is 7.71. The van der Waals surface area contributed by atoms with Gasteiger partial charge >= 0.3 is 0 Å². The number of hydrogen-bond donors (Lipinski definition) is 2. The van der Waals surface area contributed by atoms with Gasteiger partial charge in [0.2, 0.25) is 0 Å². The van der Waals surface area contributed by atoms with Crippen LogP contribution < -0.4 is 10.7 Å². The lowest BCUT2D eigenvalue weighted by molar-refractivity contribution is 0.405. The van der Waals surface area contributed by atoms with E-state index in [1.54, 1.807) is 13.0 Å². The summed E-state index contributed by atoms with van der Waals surface area (Å²) in [6.45, 7) is 5.47. The second kappa shape index (κ2) is 9.16. The van der Waals surface area contributed by atoms with E-state index in [4.69, 9.17) is 21.2 Å². The molecule has 0 fully saturated rings. The molecule has 0 radical (unpaired) electrons. The molecule has 0 amide bonds. The van der Waals surface area contributed by atoms with Gasteiger partial charge in [0.1, 0.15) is 11.3 Å². The van der Waals surface area contributed by atoms with Gasteiger partial charge in [0.25, 0.3) is 4.84 Å². The molecule has 0 saturated heterocycles. The number of halogens is 2. The summed E-state index contributed by atoms with van der Waals surface area (Å²) in [4.78, 5) is 15.9. The van der Waals surface area contributed by atoms with Gasteiger partial charge in [-0.15, -0.1) is 0 Å². The third-order valence-electron chi connectivity index (χ3n) is 6.04. The molecule has 6 nitrogen and oxygen atoms in total. The first-order valence-electron chi connectivity index (χ1n) is 11.2. The standard InChI is InChI=1S/C27H21F2N3O3S/c1-13-11-17(25-18(12-13)23(33)14(2)24(34-25)16-7-5-4-6-8-16)15(3)30-20-10-9-19(28)22(29)21(20)26-31-27(36)35-32-26/h4-12,15,30H,1-3H3,(H,31,32,36)/t15-/m1/s1.